The molecule has 0 saturated heterocycles. The number of nitrogens with one attached hydrogen (secondary N) is 1. The number of aliphatic hydroxyl groups is 2. The molecule has 0 aromatic heterocycles. The molecule has 1 saturated carbocycles. The fourth-order valence-corrected chi connectivity index (χ4v) is 5.68. The second-order valence-electron chi connectivity index (χ2n) is 9.62. The van der Waals surface area contributed by atoms with Crippen LogP contribution in [0.3, 0.4) is 0 Å². The standard InChI is InChI=1S/C26H27NO8/c1-35-16-9-5-8-13-18(16)24(32)20-19(21(13)29)22(30)14-10-26(34,11-15(28)17(14)23(20)31)25(33)27-12-6-3-2-4-7-12/h5,8-9,12,15,28,30-31,34H,2-4,6-7,10-11H2,1H3,(H,27,33). The zero-order valence-electron chi connectivity index (χ0n) is 19.3. The molecule has 9 nitrogen and oxygen atoms in total. The van der Waals surface area contributed by atoms with Crippen LogP contribution in [0.1, 0.15) is 87.6 Å². The second-order valence-corrected chi connectivity index (χ2v) is 9.62. The predicted molar refractivity (Wildman–Crippen MR) is 123 cm³/mol. The normalized spacial score (nSPS) is 23.8. The first-order valence-corrected chi connectivity index (χ1v) is 11.8. The van der Waals surface area contributed by atoms with Gasteiger partial charge in [0.05, 0.1) is 29.9 Å². The number of aliphatic hydroxyl groups excluding tert-OH is 1. The molecule has 3 aliphatic rings. The fraction of sp³-hybridized carbons (Fsp3) is 0.423. The average Bonchev–Trinajstić information content (AvgIpc) is 2.84. The van der Waals surface area contributed by atoms with Gasteiger partial charge in [0, 0.05) is 35.6 Å². The zero-order chi connectivity index (χ0) is 25.1. The Labute approximate surface area is 201 Å². The van der Waals surface area contributed by atoms with Gasteiger partial charge in [-0.3, -0.25) is 14.4 Å². The van der Waals surface area contributed by atoms with Crippen LogP contribution in [0.5, 0.6) is 17.2 Å². The molecule has 3 aliphatic carbocycles. The topological polar surface area (TPSA) is 153 Å². The molecule has 1 amide bonds. The first kappa shape index (κ1) is 23.3. The third kappa shape index (κ3) is 3.49. The van der Waals surface area contributed by atoms with E-state index in [-0.39, 0.29) is 34.0 Å². The van der Waals surface area contributed by atoms with Gasteiger partial charge < -0.3 is 30.5 Å². The number of carbonyl (C=O) groups is 3. The quantitative estimate of drug-likeness (QED) is 0.356. The molecule has 2 aromatic carbocycles. The molecule has 0 heterocycles. The van der Waals surface area contributed by atoms with E-state index < -0.39 is 64.6 Å². The molecule has 5 rings (SSSR count). The number of benzene rings is 2. The minimum absolute atomic E-state index is 0.00170. The van der Waals surface area contributed by atoms with Crippen molar-refractivity contribution in [2.24, 2.45) is 0 Å². The van der Waals surface area contributed by atoms with Gasteiger partial charge in [-0.25, -0.2) is 0 Å². The van der Waals surface area contributed by atoms with Crippen molar-refractivity contribution in [3.05, 3.63) is 51.6 Å². The van der Waals surface area contributed by atoms with Crippen molar-refractivity contribution in [3.8, 4) is 17.2 Å². The highest BCUT2D eigenvalue weighted by atomic mass is 16.5. The molecule has 2 atom stereocenters. The largest absolute Gasteiger partial charge is 0.507 e. The van der Waals surface area contributed by atoms with Gasteiger partial charge in [-0.15, -0.1) is 0 Å². The number of phenolic OH excluding ortho intramolecular Hbond substituents is 2. The maximum atomic E-state index is 13.4. The lowest BCUT2D eigenvalue weighted by Gasteiger charge is -2.38. The van der Waals surface area contributed by atoms with E-state index in [9.17, 15) is 34.8 Å². The molecule has 0 spiro atoms. The zero-order valence-corrected chi connectivity index (χ0v) is 19.3. The fourth-order valence-electron chi connectivity index (χ4n) is 5.68. The molecule has 35 heavy (non-hydrogen) atoms. The Morgan fingerprint density at radius 2 is 1.71 bits per heavy atom. The maximum absolute atomic E-state index is 13.4. The molecule has 1 fully saturated rings. The highest BCUT2D eigenvalue weighted by Gasteiger charge is 2.49. The summed E-state index contributed by atoms with van der Waals surface area (Å²) >= 11 is 0. The molecular formula is C26H27NO8. The SMILES string of the molecule is COc1cccc2c1C(=O)c1c(O)c3c(c(O)c1C2=O)CC(O)(C(=O)NC1CCCCC1)CC3O. The van der Waals surface area contributed by atoms with E-state index in [0.29, 0.717) is 0 Å². The summed E-state index contributed by atoms with van der Waals surface area (Å²) in [7, 11) is 1.34. The maximum Gasteiger partial charge on any atom is 0.252 e. The van der Waals surface area contributed by atoms with Gasteiger partial charge in [-0.1, -0.05) is 31.4 Å². The third-order valence-corrected chi connectivity index (χ3v) is 7.46. The Morgan fingerprint density at radius 1 is 1.03 bits per heavy atom. The lowest BCUT2D eigenvalue weighted by Crippen LogP contribution is -2.54. The summed E-state index contributed by atoms with van der Waals surface area (Å²) < 4.78 is 5.22. The molecule has 0 aliphatic heterocycles. The lowest BCUT2D eigenvalue weighted by atomic mass is 9.72. The third-order valence-electron chi connectivity index (χ3n) is 7.46. The van der Waals surface area contributed by atoms with Crippen molar-refractivity contribution in [1.29, 1.82) is 0 Å². The van der Waals surface area contributed by atoms with Gasteiger partial charge in [0.25, 0.3) is 5.91 Å². The van der Waals surface area contributed by atoms with Crippen molar-refractivity contribution in [2.45, 2.75) is 62.7 Å². The number of ketones is 2. The summed E-state index contributed by atoms with van der Waals surface area (Å²) in [4.78, 5) is 39.7. The minimum Gasteiger partial charge on any atom is -0.507 e. The van der Waals surface area contributed by atoms with Crippen LogP contribution in [0, 0.1) is 0 Å². The Balaban J connectivity index is 1.59. The molecular weight excluding hydrogens is 454 g/mol. The highest BCUT2D eigenvalue weighted by Crippen LogP contribution is 2.50. The molecule has 5 N–H and O–H groups in total. The van der Waals surface area contributed by atoms with Crippen molar-refractivity contribution < 1.29 is 39.5 Å². The van der Waals surface area contributed by atoms with Crippen LogP contribution >= 0.6 is 0 Å². The smallest absolute Gasteiger partial charge is 0.252 e. The number of rotatable bonds is 3. The van der Waals surface area contributed by atoms with Crippen LogP contribution in [-0.4, -0.2) is 56.7 Å². The van der Waals surface area contributed by atoms with Crippen LogP contribution in [0.15, 0.2) is 18.2 Å². The molecule has 2 aromatic rings. The van der Waals surface area contributed by atoms with E-state index in [2.05, 4.69) is 5.32 Å². The van der Waals surface area contributed by atoms with Gasteiger partial charge in [0.2, 0.25) is 5.78 Å². The summed E-state index contributed by atoms with van der Waals surface area (Å²) in [6, 6.07) is 4.36. The van der Waals surface area contributed by atoms with E-state index in [1.165, 1.54) is 25.3 Å². The first-order chi connectivity index (χ1) is 16.7. The average molecular weight is 482 g/mol. The van der Waals surface area contributed by atoms with Crippen molar-refractivity contribution in [1.82, 2.24) is 5.32 Å². The number of carbonyl (C=O) groups excluding carboxylic acids is 3. The Kier molecular flexibility index (Phi) is 5.56. The van der Waals surface area contributed by atoms with Crippen molar-refractivity contribution >= 4 is 17.5 Å². The van der Waals surface area contributed by atoms with E-state index in [1.54, 1.807) is 0 Å². The minimum atomic E-state index is -2.06. The summed E-state index contributed by atoms with van der Waals surface area (Å²) in [6.07, 6.45) is 2.18. The summed E-state index contributed by atoms with van der Waals surface area (Å²) in [6.45, 7) is 0. The Bertz CT molecular complexity index is 1260. The van der Waals surface area contributed by atoms with Gasteiger partial charge >= 0.3 is 0 Å². The van der Waals surface area contributed by atoms with E-state index in [4.69, 9.17) is 4.74 Å². The van der Waals surface area contributed by atoms with Crippen LogP contribution < -0.4 is 10.1 Å². The number of ether oxygens (including phenoxy) is 1. The van der Waals surface area contributed by atoms with E-state index in [0.717, 1.165) is 32.1 Å². The number of hydrogen-bond donors (Lipinski definition) is 5. The Morgan fingerprint density at radius 3 is 2.40 bits per heavy atom. The number of hydrogen-bond acceptors (Lipinski definition) is 8. The number of aromatic hydroxyl groups is 2. The first-order valence-electron chi connectivity index (χ1n) is 11.8. The molecule has 184 valence electrons. The lowest BCUT2D eigenvalue weighted by molar-refractivity contribution is -0.145. The Hall–Kier alpha value is -3.43. The van der Waals surface area contributed by atoms with Crippen LogP contribution in [0.4, 0.5) is 0 Å². The molecule has 2 unspecified atom stereocenters. The summed E-state index contributed by atoms with van der Waals surface area (Å²) in [5, 5.41) is 47.1. The van der Waals surface area contributed by atoms with Crippen LogP contribution in [-0.2, 0) is 11.2 Å². The summed E-state index contributed by atoms with van der Waals surface area (Å²) in [5.41, 5.74) is -3.26. The predicted octanol–water partition coefficient (Wildman–Crippen LogP) is 2.04. The highest BCUT2D eigenvalue weighted by molar-refractivity contribution is 6.31. The van der Waals surface area contributed by atoms with Gasteiger partial charge in [0.15, 0.2) is 5.78 Å². The van der Waals surface area contributed by atoms with E-state index in [1.807, 2.05) is 0 Å². The number of methoxy groups -OCH3 is 1. The number of fused-ring (bicyclic) bond motifs is 3. The van der Waals surface area contributed by atoms with E-state index >= 15 is 0 Å². The van der Waals surface area contributed by atoms with Crippen molar-refractivity contribution in [3.63, 3.8) is 0 Å². The van der Waals surface area contributed by atoms with Gasteiger partial charge in [0.1, 0.15) is 22.8 Å². The second kappa shape index (κ2) is 8.35. The number of amides is 1. The van der Waals surface area contributed by atoms with Crippen molar-refractivity contribution in [2.75, 3.05) is 7.11 Å². The summed E-state index contributed by atoms with van der Waals surface area (Å²) in [5.74, 6) is -3.27. The monoisotopic (exact) mass is 481 g/mol. The molecule has 9 heteroatoms. The van der Waals surface area contributed by atoms with Gasteiger partial charge in [-0.05, 0) is 18.9 Å². The van der Waals surface area contributed by atoms with Crippen LogP contribution in [0.2, 0.25) is 0 Å². The molecule has 0 bridgehead atoms. The van der Waals surface area contributed by atoms with Crippen LogP contribution in [0.25, 0.3) is 0 Å². The molecule has 0 radical (unpaired) electrons. The number of phenols is 2. The van der Waals surface area contributed by atoms with Gasteiger partial charge in [-0.2, -0.15) is 0 Å².